The van der Waals surface area contributed by atoms with Gasteiger partial charge in [-0.1, -0.05) is 30.3 Å². The maximum Gasteiger partial charge on any atom is 0.337 e. The average molecular weight is 205 g/mol. The molecule has 0 saturated carbocycles. The van der Waals surface area contributed by atoms with Gasteiger partial charge >= 0.3 is 6.03 Å². The van der Waals surface area contributed by atoms with Gasteiger partial charge in [-0.2, -0.15) is 5.10 Å². The Kier molecular flexibility index (Phi) is 3.85. The predicted molar refractivity (Wildman–Crippen MR) is 60.9 cm³/mol. The molecule has 1 rings (SSSR count). The van der Waals surface area contributed by atoms with Crippen LogP contribution in [0.15, 0.2) is 35.4 Å². The molecule has 1 aromatic carbocycles. The second-order valence-electron chi connectivity index (χ2n) is 3.37. The number of hydrogen-bond donors (Lipinski definition) is 1. The van der Waals surface area contributed by atoms with Gasteiger partial charge in [-0.25, -0.2) is 10.2 Å². The van der Waals surface area contributed by atoms with Crippen molar-refractivity contribution in [3.63, 3.8) is 0 Å². The Bertz CT molecular complexity index is 357. The molecule has 0 radical (unpaired) electrons. The summed E-state index contributed by atoms with van der Waals surface area (Å²) in [4.78, 5) is 12.6. The van der Waals surface area contributed by atoms with Crippen LogP contribution in [0.2, 0.25) is 0 Å². The fraction of sp³-hybridized carbons (Fsp3) is 0.273. The van der Waals surface area contributed by atoms with Crippen molar-refractivity contribution in [2.24, 2.45) is 5.10 Å². The van der Waals surface area contributed by atoms with Crippen LogP contribution in [0.4, 0.5) is 4.79 Å². The third kappa shape index (κ3) is 3.42. The number of rotatable bonds is 2. The molecule has 0 aliphatic carbocycles. The van der Waals surface area contributed by atoms with Crippen LogP contribution in [0.5, 0.6) is 0 Å². The first-order valence-electron chi connectivity index (χ1n) is 4.68. The van der Waals surface area contributed by atoms with Gasteiger partial charge in [0, 0.05) is 14.1 Å². The molecular weight excluding hydrogens is 190 g/mol. The van der Waals surface area contributed by atoms with Gasteiger partial charge in [-0.3, -0.25) is 0 Å². The van der Waals surface area contributed by atoms with E-state index in [0.29, 0.717) is 0 Å². The molecule has 0 fully saturated rings. The fourth-order valence-electron chi connectivity index (χ4n) is 0.976. The van der Waals surface area contributed by atoms with Crippen LogP contribution in [-0.4, -0.2) is 30.7 Å². The molecule has 0 heterocycles. The highest BCUT2D eigenvalue weighted by molar-refractivity contribution is 5.99. The van der Waals surface area contributed by atoms with Crippen molar-refractivity contribution in [2.75, 3.05) is 14.1 Å². The van der Waals surface area contributed by atoms with E-state index in [9.17, 15) is 4.79 Å². The zero-order valence-corrected chi connectivity index (χ0v) is 9.19. The standard InChI is InChI=1S/C11H15N3O/c1-9(10-7-5-4-6-8-10)12-13-11(15)14(2)3/h4-8H,1-3H3,(H,13,15). The van der Waals surface area contributed by atoms with Gasteiger partial charge < -0.3 is 4.90 Å². The summed E-state index contributed by atoms with van der Waals surface area (Å²) < 4.78 is 0. The van der Waals surface area contributed by atoms with Crippen molar-refractivity contribution >= 4 is 11.7 Å². The predicted octanol–water partition coefficient (Wildman–Crippen LogP) is 1.68. The lowest BCUT2D eigenvalue weighted by molar-refractivity contribution is 0.218. The molecule has 2 amide bonds. The number of carbonyl (C=O) groups is 1. The molecule has 0 aromatic heterocycles. The SMILES string of the molecule is CC(=NNC(=O)N(C)C)c1ccccc1. The molecule has 1 aromatic rings. The van der Waals surface area contributed by atoms with Gasteiger partial charge in [-0.05, 0) is 12.5 Å². The van der Waals surface area contributed by atoms with E-state index in [2.05, 4.69) is 10.5 Å². The lowest BCUT2D eigenvalue weighted by Gasteiger charge is -2.09. The maximum absolute atomic E-state index is 11.2. The average Bonchev–Trinajstić information content (AvgIpc) is 2.26. The van der Waals surface area contributed by atoms with E-state index in [0.717, 1.165) is 11.3 Å². The quantitative estimate of drug-likeness (QED) is 0.579. The monoisotopic (exact) mass is 205 g/mol. The molecule has 4 heteroatoms. The summed E-state index contributed by atoms with van der Waals surface area (Å²) in [5.74, 6) is 0. The van der Waals surface area contributed by atoms with Crippen LogP contribution < -0.4 is 5.43 Å². The maximum atomic E-state index is 11.2. The van der Waals surface area contributed by atoms with E-state index >= 15 is 0 Å². The normalized spacial score (nSPS) is 11.0. The molecule has 0 aliphatic rings. The molecule has 4 nitrogen and oxygen atoms in total. The first-order valence-corrected chi connectivity index (χ1v) is 4.68. The Morgan fingerprint density at radius 1 is 1.27 bits per heavy atom. The lowest BCUT2D eigenvalue weighted by Crippen LogP contribution is -2.31. The molecule has 0 unspecified atom stereocenters. The van der Waals surface area contributed by atoms with Crippen LogP contribution in [-0.2, 0) is 0 Å². The number of benzene rings is 1. The number of hydrazone groups is 1. The Morgan fingerprint density at radius 3 is 2.40 bits per heavy atom. The van der Waals surface area contributed by atoms with Crippen LogP contribution in [0, 0.1) is 0 Å². The number of carbonyl (C=O) groups excluding carboxylic acids is 1. The summed E-state index contributed by atoms with van der Waals surface area (Å²) in [5, 5.41) is 3.99. The highest BCUT2D eigenvalue weighted by Crippen LogP contribution is 1.99. The Labute approximate surface area is 89.6 Å². The van der Waals surface area contributed by atoms with E-state index in [-0.39, 0.29) is 6.03 Å². The van der Waals surface area contributed by atoms with Gasteiger partial charge in [0.25, 0.3) is 0 Å². The fourth-order valence-corrected chi connectivity index (χ4v) is 0.976. The van der Waals surface area contributed by atoms with Crippen molar-refractivity contribution < 1.29 is 4.79 Å². The number of nitrogens with one attached hydrogen (secondary N) is 1. The molecule has 1 N–H and O–H groups in total. The van der Waals surface area contributed by atoms with Crippen LogP contribution in [0.25, 0.3) is 0 Å². The van der Waals surface area contributed by atoms with Gasteiger partial charge in [-0.15, -0.1) is 0 Å². The van der Waals surface area contributed by atoms with Crippen molar-refractivity contribution in [3.05, 3.63) is 35.9 Å². The van der Waals surface area contributed by atoms with Crippen molar-refractivity contribution in [1.82, 2.24) is 10.3 Å². The first-order chi connectivity index (χ1) is 7.11. The Hall–Kier alpha value is -1.84. The molecule has 0 atom stereocenters. The first kappa shape index (κ1) is 11.2. The molecule has 15 heavy (non-hydrogen) atoms. The van der Waals surface area contributed by atoms with E-state index < -0.39 is 0 Å². The van der Waals surface area contributed by atoms with E-state index in [1.54, 1.807) is 14.1 Å². The van der Waals surface area contributed by atoms with Crippen LogP contribution in [0.3, 0.4) is 0 Å². The zero-order chi connectivity index (χ0) is 11.3. The van der Waals surface area contributed by atoms with Gasteiger partial charge in [0.1, 0.15) is 0 Å². The number of urea groups is 1. The van der Waals surface area contributed by atoms with Crippen molar-refractivity contribution in [2.45, 2.75) is 6.92 Å². The minimum Gasteiger partial charge on any atom is -0.329 e. The summed E-state index contributed by atoms with van der Waals surface area (Å²) in [5.41, 5.74) is 4.24. The number of nitrogens with zero attached hydrogens (tertiary/aromatic N) is 2. The smallest absolute Gasteiger partial charge is 0.329 e. The minimum atomic E-state index is -0.231. The zero-order valence-electron chi connectivity index (χ0n) is 9.19. The molecule has 80 valence electrons. The van der Waals surface area contributed by atoms with Crippen LogP contribution in [0.1, 0.15) is 12.5 Å². The topological polar surface area (TPSA) is 44.7 Å². The summed E-state index contributed by atoms with van der Waals surface area (Å²) in [6, 6.07) is 9.46. The van der Waals surface area contributed by atoms with Gasteiger partial charge in [0.2, 0.25) is 0 Å². The summed E-state index contributed by atoms with van der Waals surface area (Å²) in [7, 11) is 3.34. The third-order valence-electron chi connectivity index (χ3n) is 1.92. The van der Waals surface area contributed by atoms with E-state index in [1.807, 2.05) is 37.3 Å². The van der Waals surface area contributed by atoms with Gasteiger partial charge in [0.15, 0.2) is 0 Å². The lowest BCUT2D eigenvalue weighted by atomic mass is 10.1. The highest BCUT2D eigenvalue weighted by Gasteiger charge is 2.01. The van der Waals surface area contributed by atoms with E-state index in [1.165, 1.54) is 4.90 Å². The van der Waals surface area contributed by atoms with E-state index in [4.69, 9.17) is 0 Å². The summed E-state index contributed by atoms with van der Waals surface area (Å²) in [6.45, 7) is 1.85. The Morgan fingerprint density at radius 2 is 1.87 bits per heavy atom. The third-order valence-corrected chi connectivity index (χ3v) is 1.92. The van der Waals surface area contributed by atoms with Crippen LogP contribution >= 0.6 is 0 Å². The molecule has 0 bridgehead atoms. The summed E-state index contributed by atoms with van der Waals surface area (Å²) in [6.07, 6.45) is 0. The highest BCUT2D eigenvalue weighted by atomic mass is 16.2. The molecule has 0 saturated heterocycles. The summed E-state index contributed by atoms with van der Waals surface area (Å²) >= 11 is 0. The van der Waals surface area contributed by atoms with Crippen molar-refractivity contribution in [3.8, 4) is 0 Å². The Balaban J connectivity index is 2.65. The van der Waals surface area contributed by atoms with Crippen molar-refractivity contribution in [1.29, 1.82) is 0 Å². The second kappa shape index (κ2) is 5.14. The number of hydrogen-bond acceptors (Lipinski definition) is 2. The molecular formula is C11H15N3O. The largest absolute Gasteiger partial charge is 0.337 e. The van der Waals surface area contributed by atoms with Gasteiger partial charge in [0.05, 0.1) is 5.71 Å². The number of amides is 2. The molecule has 0 aliphatic heterocycles. The minimum absolute atomic E-state index is 0.231. The second-order valence-corrected chi connectivity index (χ2v) is 3.37. The molecule has 0 spiro atoms.